The van der Waals surface area contributed by atoms with Crippen LogP contribution in [0.25, 0.3) is 0 Å². The molecule has 0 saturated heterocycles. The highest BCUT2D eigenvalue weighted by molar-refractivity contribution is 7.12. The topological polar surface area (TPSA) is 43.8 Å². The standard InChI is InChI=1S/C12H17N3S/c1-3-9-4-5-11(16-9)10(13)8-12-14-6-7-15(12)2/h4-7,10H,3,8,13H2,1-2H3. The van der Waals surface area contributed by atoms with Gasteiger partial charge in [-0.25, -0.2) is 4.98 Å². The molecule has 0 saturated carbocycles. The molecule has 2 N–H and O–H groups in total. The molecule has 2 heterocycles. The summed E-state index contributed by atoms with van der Waals surface area (Å²) in [7, 11) is 2.00. The number of aryl methyl sites for hydroxylation is 2. The molecule has 3 nitrogen and oxygen atoms in total. The Kier molecular flexibility index (Phi) is 3.41. The number of thiophene rings is 1. The van der Waals surface area contributed by atoms with Crippen molar-refractivity contribution in [2.75, 3.05) is 0 Å². The van der Waals surface area contributed by atoms with Gasteiger partial charge in [0.1, 0.15) is 5.82 Å². The minimum Gasteiger partial charge on any atom is -0.338 e. The Morgan fingerprint density at radius 1 is 1.50 bits per heavy atom. The van der Waals surface area contributed by atoms with E-state index in [1.807, 2.05) is 24.0 Å². The van der Waals surface area contributed by atoms with E-state index in [0.717, 1.165) is 18.7 Å². The van der Waals surface area contributed by atoms with Gasteiger partial charge >= 0.3 is 0 Å². The smallest absolute Gasteiger partial charge is 0.110 e. The van der Waals surface area contributed by atoms with Crippen molar-refractivity contribution >= 4 is 11.3 Å². The van der Waals surface area contributed by atoms with Crippen molar-refractivity contribution in [2.45, 2.75) is 25.8 Å². The molecule has 0 spiro atoms. The van der Waals surface area contributed by atoms with E-state index in [2.05, 4.69) is 24.0 Å². The first kappa shape index (κ1) is 11.4. The van der Waals surface area contributed by atoms with Gasteiger partial charge in [0.05, 0.1) is 0 Å². The van der Waals surface area contributed by atoms with E-state index >= 15 is 0 Å². The fraction of sp³-hybridized carbons (Fsp3) is 0.417. The van der Waals surface area contributed by atoms with E-state index < -0.39 is 0 Å². The second kappa shape index (κ2) is 4.80. The van der Waals surface area contributed by atoms with Gasteiger partial charge in [-0.1, -0.05) is 6.92 Å². The fourth-order valence-electron chi connectivity index (χ4n) is 1.67. The number of nitrogens with two attached hydrogens (primary N) is 1. The molecule has 0 bridgehead atoms. The lowest BCUT2D eigenvalue weighted by atomic mass is 10.2. The number of nitrogens with zero attached hydrogens (tertiary/aromatic N) is 2. The van der Waals surface area contributed by atoms with Gasteiger partial charge in [0.2, 0.25) is 0 Å². The van der Waals surface area contributed by atoms with E-state index in [1.165, 1.54) is 9.75 Å². The molecule has 0 aliphatic rings. The molecule has 2 aromatic heterocycles. The molecule has 2 aromatic rings. The summed E-state index contributed by atoms with van der Waals surface area (Å²) >= 11 is 1.81. The average Bonchev–Trinajstić information content (AvgIpc) is 2.88. The maximum Gasteiger partial charge on any atom is 0.110 e. The molecule has 0 aliphatic carbocycles. The second-order valence-electron chi connectivity index (χ2n) is 3.92. The van der Waals surface area contributed by atoms with Crippen LogP contribution < -0.4 is 5.73 Å². The number of hydrogen-bond acceptors (Lipinski definition) is 3. The Balaban J connectivity index is 2.08. The normalized spacial score (nSPS) is 12.9. The maximum absolute atomic E-state index is 6.18. The average molecular weight is 235 g/mol. The minimum absolute atomic E-state index is 0.0615. The highest BCUT2D eigenvalue weighted by Crippen LogP contribution is 2.24. The lowest BCUT2D eigenvalue weighted by Crippen LogP contribution is -2.14. The Bertz CT molecular complexity index is 458. The van der Waals surface area contributed by atoms with Crippen molar-refractivity contribution in [1.29, 1.82) is 0 Å². The first-order valence-electron chi connectivity index (χ1n) is 5.51. The van der Waals surface area contributed by atoms with Gasteiger partial charge in [-0.15, -0.1) is 11.3 Å². The summed E-state index contributed by atoms with van der Waals surface area (Å²) in [6.45, 7) is 2.17. The fourth-order valence-corrected chi connectivity index (χ4v) is 2.63. The van der Waals surface area contributed by atoms with Crippen LogP contribution in [0.5, 0.6) is 0 Å². The molecule has 1 unspecified atom stereocenters. The van der Waals surface area contributed by atoms with Crippen LogP contribution >= 0.6 is 11.3 Å². The van der Waals surface area contributed by atoms with E-state index in [-0.39, 0.29) is 6.04 Å². The summed E-state index contributed by atoms with van der Waals surface area (Å²) in [6.07, 6.45) is 5.65. The lowest BCUT2D eigenvalue weighted by Gasteiger charge is -2.09. The third kappa shape index (κ3) is 2.33. The van der Waals surface area contributed by atoms with Crippen LogP contribution in [0.4, 0.5) is 0 Å². The molecule has 16 heavy (non-hydrogen) atoms. The van der Waals surface area contributed by atoms with Crippen molar-refractivity contribution in [3.63, 3.8) is 0 Å². The zero-order chi connectivity index (χ0) is 11.5. The van der Waals surface area contributed by atoms with Gasteiger partial charge in [-0.05, 0) is 18.6 Å². The van der Waals surface area contributed by atoms with Gasteiger partial charge in [0.25, 0.3) is 0 Å². The third-order valence-corrected chi connectivity index (χ3v) is 4.08. The molecule has 2 rings (SSSR count). The lowest BCUT2D eigenvalue weighted by molar-refractivity contribution is 0.669. The molecule has 1 atom stereocenters. The summed E-state index contributed by atoms with van der Waals surface area (Å²) in [4.78, 5) is 6.94. The summed E-state index contributed by atoms with van der Waals surface area (Å²) in [5, 5.41) is 0. The van der Waals surface area contributed by atoms with Gasteiger partial charge in [0.15, 0.2) is 0 Å². The molecule has 4 heteroatoms. The van der Waals surface area contributed by atoms with Crippen LogP contribution in [0, 0.1) is 0 Å². The Hall–Kier alpha value is -1.13. The van der Waals surface area contributed by atoms with Crippen LogP contribution in [0.1, 0.15) is 28.5 Å². The molecule has 0 fully saturated rings. The SMILES string of the molecule is CCc1ccc(C(N)Cc2nccn2C)s1. The molecule has 86 valence electrons. The van der Waals surface area contributed by atoms with Crippen molar-refractivity contribution in [1.82, 2.24) is 9.55 Å². The van der Waals surface area contributed by atoms with Crippen LogP contribution in [-0.2, 0) is 19.9 Å². The van der Waals surface area contributed by atoms with Gasteiger partial charge in [-0.2, -0.15) is 0 Å². The van der Waals surface area contributed by atoms with Crippen molar-refractivity contribution in [3.8, 4) is 0 Å². The summed E-state index contributed by atoms with van der Waals surface area (Å²) in [5.74, 6) is 1.04. The monoisotopic (exact) mass is 235 g/mol. The Morgan fingerprint density at radius 3 is 2.88 bits per heavy atom. The molecule has 0 aromatic carbocycles. The van der Waals surface area contributed by atoms with Crippen molar-refractivity contribution < 1.29 is 0 Å². The zero-order valence-electron chi connectivity index (χ0n) is 9.68. The van der Waals surface area contributed by atoms with E-state index in [0.29, 0.717) is 0 Å². The minimum atomic E-state index is 0.0615. The number of imidazole rings is 1. The quantitative estimate of drug-likeness (QED) is 0.883. The van der Waals surface area contributed by atoms with Crippen LogP contribution in [0.2, 0.25) is 0 Å². The first-order valence-corrected chi connectivity index (χ1v) is 6.32. The Morgan fingerprint density at radius 2 is 2.31 bits per heavy atom. The van der Waals surface area contributed by atoms with Crippen LogP contribution in [0.15, 0.2) is 24.5 Å². The summed E-state index contributed by atoms with van der Waals surface area (Å²) in [5.41, 5.74) is 6.18. The van der Waals surface area contributed by atoms with Crippen LogP contribution in [0.3, 0.4) is 0 Å². The molecular formula is C12H17N3S. The second-order valence-corrected chi connectivity index (χ2v) is 5.12. The predicted molar refractivity (Wildman–Crippen MR) is 67.5 cm³/mol. The largest absolute Gasteiger partial charge is 0.338 e. The summed E-state index contributed by atoms with van der Waals surface area (Å²) < 4.78 is 2.02. The predicted octanol–water partition coefficient (Wildman–Crippen LogP) is 2.29. The Labute approximate surface area is 99.9 Å². The zero-order valence-corrected chi connectivity index (χ0v) is 10.5. The van der Waals surface area contributed by atoms with Gasteiger partial charge < -0.3 is 10.3 Å². The van der Waals surface area contributed by atoms with Crippen molar-refractivity contribution in [2.24, 2.45) is 12.8 Å². The molecule has 0 radical (unpaired) electrons. The first-order chi connectivity index (χ1) is 7.70. The van der Waals surface area contributed by atoms with E-state index in [1.54, 1.807) is 11.3 Å². The highest BCUT2D eigenvalue weighted by atomic mass is 32.1. The number of hydrogen-bond donors (Lipinski definition) is 1. The maximum atomic E-state index is 6.18. The van der Waals surface area contributed by atoms with Crippen molar-refractivity contribution in [3.05, 3.63) is 40.1 Å². The third-order valence-electron chi connectivity index (χ3n) is 2.72. The van der Waals surface area contributed by atoms with Gasteiger partial charge in [0, 0.05) is 41.7 Å². The van der Waals surface area contributed by atoms with E-state index in [9.17, 15) is 0 Å². The van der Waals surface area contributed by atoms with Gasteiger partial charge in [-0.3, -0.25) is 0 Å². The number of aromatic nitrogens is 2. The molecule has 0 amide bonds. The molecular weight excluding hydrogens is 218 g/mol. The molecule has 0 aliphatic heterocycles. The van der Waals surface area contributed by atoms with Crippen LogP contribution in [-0.4, -0.2) is 9.55 Å². The highest BCUT2D eigenvalue weighted by Gasteiger charge is 2.12. The van der Waals surface area contributed by atoms with E-state index in [4.69, 9.17) is 5.73 Å². The summed E-state index contributed by atoms with van der Waals surface area (Å²) in [6, 6.07) is 4.36. The number of rotatable bonds is 4.